The SMILES string of the molecule is Cc1nc(N2CCCC(CO)(Cc3ccc(F)cc3)C2)c2ccsc2n1. The molecule has 1 fully saturated rings. The van der Waals surface area contributed by atoms with Gasteiger partial charge in [-0.3, -0.25) is 0 Å². The van der Waals surface area contributed by atoms with Gasteiger partial charge in [0, 0.05) is 18.5 Å². The van der Waals surface area contributed by atoms with Gasteiger partial charge in [-0.2, -0.15) is 0 Å². The number of anilines is 1. The topological polar surface area (TPSA) is 49.2 Å². The average Bonchev–Trinajstić information content (AvgIpc) is 3.11. The summed E-state index contributed by atoms with van der Waals surface area (Å²) in [7, 11) is 0. The van der Waals surface area contributed by atoms with E-state index in [-0.39, 0.29) is 17.8 Å². The van der Waals surface area contributed by atoms with Crippen LogP contribution in [0.2, 0.25) is 0 Å². The van der Waals surface area contributed by atoms with Gasteiger partial charge in [-0.05, 0) is 55.3 Å². The fourth-order valence-corrected chi connectivity index (χ4v) is 4.74. The third kappa shape index (κ3) is 3.31. The second-order valence-electron chi connectivity index (χ2n) is 7.22. The van der Waals surface area contributed by atoms with E-state index in [1.54, 1.807) is 11.3 Å². The molecule has 4 nitrogen and oxygen atoms in total. The Morgan fingerprint density at radius 2 is 2.04 bits per heavy atom. The van der Waals surface area contributed by atoms with Crippen molar-refractivity contribution in [3.63, 3.8) is 0 Å². The van der Waals surface area contributed by atoms with Crippen LogP contribution in [-0.4, -0.2) is 34.8 Å². The lowest BCUT2D eigenvalue weighted by Crippen LogP contribution is -2.47. The molecule has 1 unspecified atom stereocenters. The molecule has 1 saturated heterocycles. The summed E-state index contributed by atoms with van der Waals surface area (Å²) >= 11 is 1.63. The van der Waals surface area contributed by atoms with Crippen LogP contribution in [0.1, 0.15) is 24.2 Å². The van der Waals surface area contributed by atoms with E-state index in [4.69, 9.17) is 4.98 Å². The van der Waals surface area contributed by atoms with Crippen molar-refractivity contribution < 1.29 is 9.50 Å². The monoisotopic (exact) mass is 371 g/mol. The minimum atomic E-state index is -0.239. The van der Waals surface area contributed by atoms with Gasteiger partial charge in [0.25, 0.3) is 0 Å². The first-order valence-corrected chi connectivity index (χ1v) is 9.79. The van der Waals surface area contributed by atoms with Crippen molar-refractivity contribution in [2.24, 2.45) is 5.41 Å². The maximum Gasteiger partial charge on any atom is 0.141 e. The highest BCUT2D eigenvalue weighted by molar-refractivity contribution is 7.16. The maximum absolute atomic E-state index is 13.2. The predicted octanol–water partition coefficient (Wildman–Crippen LogP) is 3.96. The van der Waals surface area contributed by atoms with Gasteiger partial charge in [-0.1, -0.05) is 12.1 Å². The third-order valence-electron chi connectivity index (χ3n) is 5.21. The zero-order valence-electron chi connectivity index (χ0n) is 14.8. The zero-order chi connectivity index (χ0) is 18.1. The molecule has 0 radical (unpaired) electrons. The van der Waals surface area contributed by atoms with Crippen LogP contribution in [0, 0.1) is 18.2 Å². The van der Waals surface area contributed by atoms with Crippen molar-refractivity contribution in [2.75, 3.05) is 24.6 Å². The summed E-state index contributed by atoms with van der Waals surface area (Å²) in [4.78, 5) is 12.5. The molecular formula is C20H22FN3OS. The molecule has 3 heterocycles. The van der Waals surface area contributed by atoms with E-state index in [9.17, 15) is 9.50 Å². The van der Waals surface area contributed by atoms with Gasteiger partial charge in [0.1, 0.15) is 22.3 Å². The van der Waals surface area contributed by atoms with E-state index in [0.29, 0.717) is 0 Å². The Hall–Kier alpha value is -2.05. The second-order valence-corrected chi connectivity index (χ2v) is 8.11. The highest BCUT2D eigenvalue weighted by Gasteiger charge is 2.36. The molecular weight excluding hydrogens is 349 g/mol. The van der Waals surface area contributed by atoms with Crippen molar-refractivity contribution >= 4 is 27.4 Å². The van der Waals surface area contributed by atoms with Gasteiger partial charge in [0.05, 0.1) is 12.0 Å². The molecule has 136 valence electrons. The van der Waals surface area contributed by atoms with E-state index in [2.05, 4.69) is 16.0 Å². The van der Waals surface area contributed by atoms with E-state index in [1.165, 1.54) is 12.1 Å². The Balaban J connectivity index is 1.64. The van der Waals surface area contributed by atoms with Gasteiger partial charge in [-0.25, -0.2) is 14.4 Å². The minimum Gasteiger partial charge on any atom is -0.396 e. The standard InChI is InChI=1S/C20H22FN3OS/c1-14-22-18(17-7-10-26-19(17)23-14)24-9-2-8-20(12-24,13-25)11-15-3-5-16(21)6-4-15/h3-7,10,25H,2,8-9,11-13H2,1H3. The number of benzene rings is 1. The Labute approximate surface area is 156 Å². The van der Waals surface area contributed by atoms with Gasteiger partial charge < -0.3 is 10.0 Å². The van der Waals surface area contributed by atoms with Crippen LogP contribution in [0.4, 0.5) is 10.2 Å². The van der Waals surface area contributed by atoms with Crippen LogP contribution in [-0.2, 0) is 6.42 Å². The Morgan fingerprint density at radius 1 is 1.23 bits per heavy atom. The molecule has 1 atom stereocenters. The van der Waals surface area contributed by atoms with Crippen LogP contribution < -0.4 is 4.90 Å². The summed E-state index contributed by atoms with van der Waals surface area (Å²) in [5.74, 6) is 1.51. The Morgan fingerprint density at radius 3 is 2.81 bits per heavy atom. The van der Waals surface area contributed by atoms with Crippen LogP contribution in [0.15, 0.2) is 35.7 Å². The van der Waals surface area contributed by atoms with E-state index in [0.717, 1.165) is 59.8 Å². The quantitative estimate of drug-likeness (QED) is 0.754. The smallest absolute Gasteiger partial charge is 0.141 e. The number of hydrogen-bond acceptors (Lipinski definition) is 5. The van der Waals surface area contributed by atoms with E-state index in [1.807, 2.05) is 24.4 Å². The van der Waals surface area contributed by atoms with Crippen molar-refractivity contribution in [1.82, 2.24) is 9.97 Å². The van der Waals surface area contributed by atoms with E-state index < -0.39 is 0 Å². The third-order valence-corrected chi connectivity index (χ3v) is 6.01. The molecule has 1 aromatic carbocycles. The Bertz CT molecular complexity index is 911. The number of aliphatic hydroxyl groups is 1. The first-order valence-electron chi connectivity index (χ1n) is 8.91. The van der Waals surface area contributed by atoms with Crippen LogP contribution in [0.25, 0.3) is 10.2 Å². The number of thiophene rings is 1. The molecule has 1 N–H and O–H groups in total. The molecule has 4 rings (SSSR count). The predicted molar refractivity (Wildman–Crippen MR) is 103 cm³/mol. The van der Waals surface area contributed by atoms with Crippen molar-refractivity contribution in [1.29, 1.82) is 0 Å². The number of piperidine rings is 1. The number of nitrogens with zero attached hydrogens (tertiary/aromatic N) is 3. The molecule has 0 spiro atoms. The summed E-state index contributed by atoms with van der Waals surface area (Å²) in [6, 6.07) is 8.69. The van der Waals surface area contributed by atoms with Crippen LogP contribution in [0.3, 0.4) is 0 Å². The minimum absolute atomic E-state index is 0.109. The van der Waals surface area contributed by atoms with Crippen molar-refractivity contribution in [3.8, 4) is 0 Å². The van der Waals surface area contributed by atoms with Crippen molar-refractivity contribution in [2.45, 2.75) is 26.2 Å². The molecule has 0 bridgehead atoms. The molecule has 6 heteroatoms. The molecule has 0 amide bonds. The van der Waals surface area contributed by atoms with Gasteiger partial charge in [-0.15, -0.1) is 11.3 Å². The van der Waals surface area contributed by atoms with Crippen LogP contribution >= 0.6 is 11.3 Å². The highest BCUT2D eigenvalue weighted by Crippen LogP contribution is 2.37. The summed E-state index contributed by atoms with van der Waals surface area (Å²) in [6.45, 7) is 3.69. The second kappa shape index (κ2) is 6.93. The number of aliphatic hydroxyl groups excluding tert-OH is 1. The average molecular weight is 371 g/mol. The number of aromatic nitrogens is 2. The number of hydrogen-bond donors (Lipinski definition) is 1. The van der Waals surface area contributed by atoms with Gasteiger partial charge in [0.15, 0.2) is 0 Å². The molecule has 26 heavy (non-hydrogen) atoms. The highest BCUT2D eigenvalue weighted by atomic mass is 32.1. The first kappa shape index (κ1) is 17.4. The lowest BCUT2D eigenvalue weighted by Gasteiger charge is -2.42. The maximum atomic E-state index is 13.2. The zero-order valence-corrected chi connectivity index (χ0v) is 15.6. The first-order chi connectivity index (χ1) is 12.6. The number of halogens is 1. The summed E-state index contributed by atoms with van der Waals surface area (Å²) in [5, 5.41) is 13.3. The molecule has 0 aliphatic carbocycles. The molecule has 1 aliphatic rings. The number of rotatable bonds is 4. The van der Waals surface area contributed by atoms with Gasteiger partial charge >= 0.3 is 0 Å². The number of fused-ring (bicyclic) bond motifs is 1. The normalized spacial score (nSPS) is 20.7. The molecule has 1 aliphatic heterocycles. The lowest BCUT2D eigenvalue weighted by atomic mass is 9.75. The fraction of sp³-hybridized carbons (Fsp3) is 0.400. The van der Waals surface area contributed by atoms with Crippen LogP contribution in [0.5, 0.6) is 0 Å². The van der Waals surface area contributed by atoms with Crippen molar-refractivity contribution in [3.05, 3.63) is 52.9 Å². The Kier molecular flexibility index (Phi) is 4.63. The summed E-state index contributed by atoms with van der Waals surface area (Å²) in [5.41, 5.74) is 0.818. The fourth-order valence-electron chi connectivity index (χ4n) is 3.94. The molecule has 2 aromatic heterocycles. The summed E-state index contributed by atoms with van der Waals surface area (Å²) in [6.07, 6.45) is 2.68. The number of aryl methyl sites for hydroxylation is 1. The van der Waals surface area contributed by atoms with Gasteiger partial charge in [0.2, 0.25) is 0 Å². The summed E-state index contributed by atoms with van der Waals surface area (Å²) < 4.78 is 13.2. The van der Waals surface area contributed by atoms with E-state index >= 15 is 0 Å². The largest absolute Gasteiger partial charge is 0.396 e. The molecule has 0 saturated carbocycles. The molecule has 3 aromatic rings. The lowest BCUT2D eigenvalue weighted by molar-refractivity contribution is 0.105.